The number of methoxy groups -OCH3 is 2. The van der Waals surface area contributed by atoms with E-state index in [0.29, 0.717) is 23.6 Å². The van der Waals surface area contributed by atoms with Crippen molar-refractivity contribution in [2.24, 2.45) is 0 Å². The van der Waals surface area contributed by atoms with Gasteiger partial charge in [0.1, 0.15) is 11.5 Å². The van der Waals surface area contributed by atoms with E-state index in [2.05, 4.69) is 40.4 Å². The van der Waals surface area contributed by atoms with Crippen LogP contribution in [0.5, 0.6) is 11.5 Å². The summed E-state index contributed by atoms with van der Waals surface area (Å²) in [5, 5.41) is 3.18. The molecule has 172 valence electrons. The molecule has 32 heavy (non-hydrogen) atoms. The Bertz CT molecular complexity index is 940. The summed E-state index contributed by atoms with van der Waals surface area (Å²) < 4.78 is 10.7. The molecular formula is C26H35N3O3. The van der Waals surface area contributed by atoms with Crippen molar-refractivity contribution in [3.8, 4) is 11.5 Å². The molecule has 0 bridgehead atoms. The summed E-state index contributed by atoms with van der Waals surface area (Å²) in [6.07, 6.45) is 6.02. The first-order valence-corrected chi connectivity index (χ1v) is 11.7. The van der Waals surface area contributed by atoms with Crippen LogP contribution in [0.3, 0.4) is 0 Å². The zero-order valence-electron chi connectivity index (χ0n) is 19.5. The van der Waals surface area contributed by atoms with Crippen LogP contribution in [0, 0.1) is 0 Å². The zero-order chi connectivity index (χ0) is 22.5. The number of carbonyl (C=O) groups excluding carboxylic acids is 1. The van der Waals surface area contributed by atoms with Crippen molar-refractivity contribution < 1.29 is 14.3 Å². The third-order valence-corrected chi connectivity index (χ3v) is 6.78. The number of fused-ring (bicyclic) bond motifs is 1. The molecule has 1 saturated heterocycles. The van der Waals surface area contributed by atoms with Gasteiger partial charge in [0, 0.05) is 31.9 Å². The number of aryl methyl sites for hydroxylation is 1. The van der Waals surface area contributed by atoms with E-state index in [1.54, 1.807) is 32.4 Å². The molecule has 4 rings (SSSR count). The summed E-state index contributed by atoms with van der Waals surface area (Å²) in [6.45, 7) is 3.83. The van der Waals surface area contributed by atoms with Crippen molar-refractivity contribution in [3.63, 3.8) is 0 Å². The molecule has 2 aromatic carbocycles. The van der Waals surface area contributed by atoms with Gasteiger partial charge in [0.05, 0.1) is 25.8 Å². The molecule has 1 fully saturated rings. The van der Waals surface area contributed by atoms with Crippen LogP contribution in [0.15, 0.2) is 36.4 Å². The summed E-state index contributed by atoms with van der Waals surface area (Å²) in [4.78, 5) is 17.9. The van der Waals surface area contributed by atoms with Crippen LogP contribution in [0.2, 0.25) is 0 Å². The quantitative estimate of drug-likeness (QED) is 0.708. The van der Waals surface area contributed by atoms with Crippen molar-refractivity contribution in [3.05, 3.63) is 53.1 Å². The van der Waals surface area contributed by atoms with Crippen LogP contribution in [0.4, 0.5) is 5.69 Å². The molecule has 1 atom stereocenters. The van der Waals surface area contributed by atoms with Crippen LogP contribution in [-0.4, -0.2) is 58.3 Å². The third kappa shape index (κ3) is 4.85. The van der Waals surface area contributed by atoms with Crippen molar-refractivity contribution in [1.29, 1.82) is 0 Å². The monoisotopic (exact) mass is 437 g/mol. The van der Waals surface area contributed by atoms with Gasteiger partial charge in [-0.05, 0) is 68.1 Å². The van der Waals surface area contributed by atoms with Crippen molar-refractivity contribution in [2.75, 3.05) is 52.3 Å². The van der Waals surface area contributed by atoms with Gasteiger partial charge < -0.3 is 19.7 Å². The first kappa shape index (κ1) is 22.5. The van der Waals surface area contributed by atoms with Gasteiger partial charge in [-0.15, -0.1) is 0 Å². The first-order valence-electron chi connectivity index (χ1n) is 11.7. The summed E-state index contributed by atoms with van der Waals surface area (Å²) in [6, 6.07) is 12.3. The topological polar surface area (TPSA) is 54.0 Å². The van der Waals surface area contributed by atoms with Gasteiger partial charge in [-0.2, -0.15) is 0 Å². The number of rotatable bonds is 7. The molecule has 6 nitrogen and oxygen atoms in total. The fourth-order valence-electron chi connectivity index (χ4n) is 4.97. The van der Waals surface area contributed by atoms with Gasteiger partial charge in [-0.3, -0.25) is 9.69 Å². The van der Waals surface area contributed by atoms with Gasteiger partial charge >= 0.3 is 0 Å². The molecule has 2 aliphatic heterocycles. The number of carbonyl (C=O) groups is 1. The maximum Gasteiger partial charge on any atom is 0.255 e. The van der Waals surface area contributed by atoms with Crippen LogP contribution in [0.1, 0.15) is 53.2 Å². The Labute approximate surface area is 191 Å². The fourth-order valence-corrected chi connectivity index (χ4v) is 4.97. The third-order valence-electron chi connectivity index (χ3n) is 6.78. The van der Waals surface area contributed by atoms with Crippen LogP contribution >= 0.6 is 0 Å². The summed E-state index contributed by atoms with van der Waals surface area (Å²) in [7, 11) is 5.35. The second-order valence-corrected chi connectivity index (χ2v) is 8.80. The molecule has 2 aliphatic rings. The van der Waals surface area contributed by atoms with E-state index in [4.69, 9.17) is 9.47 Å². The fraction of sp³-hybridized carbons (Fsp3) is 0.500. The van der Waals surface area contributed by atoms with Crippen LogP contribution < -0.4 is 19.7 Å². The molecule has 0 spiro atoms. The standard InChI is InChI=1S/C26H35N3O3/c1-28-13-7-8-19-16-20(9-12-23(19)28)24(29-14-5-4-6-15-29)18-27-26(30)22-11-10-21(31-2)17-25(22)32-3/h9-12,16-17,24H,4-8,13-15,18H2,1-3H3,(H,27,30)/t24-/m1/s1. The molecule has 0 aromatic heterocycles. The lowest BCUT2D eigenvalue weighted by Gasteiger charge is -2.36. The number of anilines is 1. The molecule has 0 unspecified atom stereocenters. The van der Waals surface area contributed by atoms with E-state index >= 15 is 0 Å². The Morgan fingerprint density at radius 1 is 1.00 bits per heavy atom. The zero-order valence-corrected chi connectivity index (χ0v) is 19.5. The van der Waals surface area contributed by atoms with Crippen molar-refractivity contribution in [2.45, 2.75) is 38.1 Å². The Balaban J connectivity index is 1.55. The SMILES string of the molecule is COc1ccc(C(=O)NC[C@H](c2ccc3c(c2)CCCN3C)N2CCCCC2)c(OC)c1. The van der Waals surface area contributed by atoms with E-state index in [0.717, 1.165) is 26.1 Å². The van der Waals surface area contributed by atoms with E-state index in [1.807, 2.05) is 0 Å². The van der Waals surface area contributed by atoms with Gasteiger partial charge in [-0.25, -0.2) is 0 Å². The maximum atomic E-state index is 13.1. The van der Waals surface area contributed by atoms with Gasteiger partial charge in [-0.1, -0.05) is 18.6 Å². The maximum absolute atomic E-state index is 13.1. The molecule has 6 heteroatoms. The average molecular weight is 438 g/mol. The molecular weight excluding hydrogens is 402 g/mol. The lowest BCUT2D eigenvalue weighted by atomic mass is 9.95. The number of nitrogens with one attached hydrogen (secondary N) is 1. The Hall–Kier alpha value is -2.73. The minimum atomic E-state index is -0.121. The highest BCUT2D eigenvalue weighted by Crippen LogP contribution is 2.32. The number of nitrogens with zero attached hydrogens (tertiary/aromatic N) is 2. The predicted molar refractivity (Wildman–Crippen MR) is 128 cm³/mol. The lowest BCUT2D eigenvalue weighted by Crippen LogP contribution is -2.40. The Morgan fingerprint density at radius 2 is 1.81 bits per heavy atom. The summed E-state index contributed by atoms with van der Waals surface area (Å²) in [5.74, 6) is 1.07. The highest BCUT2D eigenvalue weighted by atomic mass is 16.5. The van der Waals surface area contributed by atoms with Crippen LogP contribution in [0.25, 0.3) is 0 Å². The van der Waals surface area contributed by atoms with Gasteiger partial charge in [0.2, 0.25) is 0 Å². The first-order chi connectivity index (χ1) is 15.6. The minimum absolute atomic E-state index is 0.121. The predicted octanol–water partition coefficient (Wildman–Crippen LogP) is 4.04. The van der Waals surface area contributed by atoms with Crippen LogP contribution in [-0.2, 0) is 6.42 Å². The number of likely N-dealkylation sites (tertiary alicyclic amines) is 1. The number of piperidine rings is 1. The molecule has 2 aromatic rings. The average Bonchev–Trinajstić information content (AvgIpc) is 2.84. The summed E-state index contributed by atoms with van der Waals surface area (Å²) >= 11 is 0. The molecule has 1 N–H and O–H groups in total. The van der Waals surface area contributed by atoms with Gasteiger partial charge in [0.25, 0.3) is 5.91 Å². The Kier molecular flexibility index (Phi) is 7.20. The normalized spacial score (nSPS) is 17.4. The largest absolute Gasteiger partial charge is 0.497 e. The van der Waals surface area contributed by atoms with Crippen molar-refractivity contribution >= 4 is 11.6 Å². The van der Waals surface area contributed by atoms with E-state index in [-0.39, 0.29) is 11.9 Å². The van der Waals surface area contributed by atoms with E-state index < -0.39 is 0 Å². The molecule has 0 radical (unpaired) electrons. The lowest BCUT2D eigenvalue weighted by molar-refractivity contribution is 0.0921. The second-order valence-electron chi connectivity index (χ2n) is 8.80. The second kappa shape index (κ2) is 10.3. The highest BCUT2D eigenvalue weighted by Gasteiger charge is 2.25. The highest BCUT2D eigenvalue weighted by molar-refractivity contribution is 5.97. The summed E-state index contributed by atoms with van der Waals surface area (Å²) in [5.41, 5.74) is 4.58. The molecule has 1 amide bonds. The number of benzene rings is 2. The van der Waals surface area contributed by atoms with Gasteiger partial charge in [0.15, 0.2) is 0 Å². The number of ether oxygens (including phenoxy) is 2. The Morgan fingerprint density at radius 3 is 2.56 bits per heavy atom. The van der Waals surface area contributed by atoms with Crippen molar-refractivity contribution in [1.82, 2.24) is 10.2 Å². The minimum Gasteiger partial charge on any atom is -0.497 e. The molecule has 0 saturated carbocycles. The van der Waals surface area contributed by atoms with E-state index in [9.17, 15) is 4.79 Å². The number of hydrogen-bond acceptors (Lipinski definition) is 5. The number of hydrogen-bond donors (Lipinski definition) is 1. The molecule has 2 heterocycles. The van der Waals surface area contributed by atoms with E-state index in [1.165, 1.54) is 42.5 Å². The molecule has 0 aliphatic carbocycles. The smallest absolute Gasteiger partial charge is 0.255 e. The number of amides is 1.